The molecule has 0 aliphatic rings. The van der Waals surface area contributed by atoms with E-state index in [0.29, 0.717) is 0 Å². The van der Waals surface area contributed by atoms with Crippen molar-refractivity contribution in [2.24, 2.45) is 0 Å². The van der Waals surface area contributed by atoms with Crippen molar-refractivity contribution in [1.29, 1.82) is 0 Å². The molecule has 18 heavy (non-hydrogen) atoms. The highest BCUT2D eigenvalue weighted by Gasteiger charge is 2.06. The zero-order valence-corrected chi connectivity index (χ0v) is 11.3. The lowest BCUT2D eigenvalue weighted by Crippen LogP contribution is -1.94. The summed E-state index contributed by atoms with van der Waals surface area (Å²) in [6, 6.07) is 13.0. The molecule has 0 spiro atoms. The van der Waals surface area contributed by atoms with Crippen LogP contribution in [0.5, 0.6) is 0 Å². The van der Waals surface area contributed by atoms with Crippen molar-refractivity contribution >= 4 is 0 Å². The van der Waals surface area contributed by atoms with Crippen LogP contribution in [0.15, 0.2) is 36.4 Å². The van der Waals surface area contributed by atoms with Gasteiger partial charge < -0.3 is 5.11 Å². The second-order valence-electron chi connectivity index (χ2n) is 4.80. The van der Waals surface area contributed by atoms with Crippen molar-refractivity contribution in [3.63, 3.8) is 0 Å². The maximum absolute atomic E-state index is 9.34. The third kappa shape index (κ3) is 2.46. The van der Waals surface area contributed by atoms with Gasteiger partial charge in [-0.1, -0.05) is 43.3 Å². The molecule has 0 bridgehead atoms. The van der Waals surface area contributed by atoms with Crippen LogP contribution < -0.4 is 0 Å². The number of aryl methyl sites for hydroxylation is 3. The van der Waals surface area contributed by atoms with E-state index in [-0.39, 0.29) is 6.61 Å². The van der Waals surface area contributed by atoms with Crippen molar-refractivity contribution in [3.8, 4) is 11.1 Å². The van der Waals surface area contributed by atoms with Gasteiger partial charge in [-0.05, 0) is 53.6 Å². The summed E-state index contributed by atoms with van der Waals surface area (Å²) in [4.78, 5) is 0. The molecule has 0 radical (unpaired) electrons. The molecule has 0 heterocycles. The van der Waals surface area contributed by atoms with E-state index >= 15 is 0 Å². The average Bonchev–Trinajstić information content (AvgIpc) is 2.38. The summed E-state index contributed by atoms with van der Waals surface area (Å²) in [5.74, 6) is 0. The molecule has 2 rings (SSSR count). The molecule has 0 amide bonds. The van der Waals surface area contributed by atoms with Crippen LogP contribution in [0, 0.1) is 13.8 Å². The van der Waals surface area contributed by atoms with E-state index in [4.69, 9.17) is 0 Å². The highest BCUT2D eigenvalue weighted by atomic mass is 16.3. The smallest absolute Gasteiger partial charge is 0.0686 e. The topological polar surface area (TPSA) is 20.2 Å². The molecule has 0 saturated heterocycles. The predicted molar refractivity (Wildman–Crippen MR) is 76.7 cm³/mol. The fraction of sp³-hybridized carbons (Fsp3) is 0.294. The Bertz CT molecular complexity index is 532. The van der Waals surface area contributed by atoms with Gasteiger partial charge >= 0.3 is 0 Å². The van der Waals surface area contributed by atoms with Crippen LogP contribution in [-0.4, -0.2) is 5.11 Å². The highest BCUT2D eigenvalue weighted by molar-refractivity contribution is 5.67. The minimum atomic E-state index is 0.118. The predicted octanol–water partition coefficient (Wildman–Crippen LogP) is 4.03. The van der Waals surface area contributed by atoms with Crippen molar-refractivity contribution in [1.82, 2.24) is 0 Å². The Labute approximate surface area is 109 Å². The van der Waals surface area contributed by atoms with Gasteiger partial charge in [-0.3, -0.25) is 0 Å². The number of rotatable bonds is 3. The molecular weight excluding hydrogens is 220 g/mol. The summed E-state index contributed by atoms with van der Waals surface area (Å²) >= 11 is 0. The molecule has 0 aliphatic carbocycles. The van der Waals surface area contributed by atoms with Crippen LogP contribution in [0.3, 0.4) is 0 Å². The Balaban J connectivity index is 2.51. The van der Waals surface area contributed by atoms with Gasteiger partial charge in [0.1, 0.15) is 0 Å². The van der Waals surface area contributed by atoms with Crippen LogP contribution in [0.1, 0.15) is 29.2 Å². The quantitative estimate of drug-likeness (QED) is 0.859. The molecule has 0 saturated carbocycles. The first kappa shape index (κ1) is 12.8. The van der Waals surface area contributed by atoms with Crippen LogP contribution in [0.2, 0.25) is 0 Å². The average molecular weight is 240 g/mol. The Kier molecular flexibility index (Phi) is 3.83. The number of hydrogen-bond donors (Lipinski definition) is 1. The molecule has 2 aromatic carbocycles. The summed E-state index contributed by atoms with van der Waals surface area (Å²) < 4.78 is 0. The SMILES string of the molecule is CCc1cccc(-c2cc(C)c(CO)c(C)c2)c1. The molecule has 0 unspecified atom stereocenters. The molecule has 0 aromatic heterocycles. The minimum Gasteiger partial charge on any atom is -0.392 e. The van der Waals surface area contributed by atoms with E-state index < -0.39 is 0 Å². The number of aliphatic hydroxyl groups excluding tert-OH is 1. The molecule has 94 valence electrons. The second-order valence-corrected chi connectivity index (χ2v) is 4.80. The molecule has 2 aromatic rings. The fourth-order valence-corrected chi connectivity index (χ4v) is 2.38. The van der Waals surface area contributed by atoms with Crippen LogP contribution in [-0.2, 0) is 13.0 Å². The van der Waals surface area contributed by atoms with Gasteiger partial charge in [0, 0.05) is 0 Å². The molecule has 0 fully saturated rings. The summed E-state index contributed by atoms with van der Waals surface area (Å²) in [5.41, 5.74) is 7.21. The van der Waals surface area contributed by atoms with E-state index in [1.165, 1.54) is 16.7 Å². The van der Waals surface area contributed by atoms with Crippen molar-refractivity contribution in [3.05, 3.63) is 58.7 Å². The zero-order chi connectivity index (χ0) is 13.1. The summed E-state index contributed by atoms with van der Waals surface area (Å²) in [7, 11) is 0. The van der Waals surface area contributed by atoms with E-state index in [1.54, 1.807) is 0 Å². The maximum Gasteiger partial charge on any atom is 0.0686 e. The van der Waals surface area contributed by atoms with E-state index in [0.717, 1.165) is 23.1 Å². The lowest BCUT2D eigenvalue weighted by atomic mass is 9.95. The first-order valence-electron chi connectivity index (χ1n) is 6.46. The first-order valence-corrected chi connectivity index (χ1v) is 6.46. The molecular formula is C17H20O. The third-order valence-electron chi connectivity index (χ3n) is 3.52. The summed E-state index contributed by atoms with van der Waals surface area (Å²) in [6.07, 6.45) is 1.06. The van der Waals surface area contributed by atoms with Gasteiger partial charge in [0.25, 0.3) is 0 Å². The Morgan fingerprint density at radius 2 is 1.61 bits per heavy atom. The second kappa shape index (κ2) is 5.36. The molecule has 1 nitrogen and oxygen atoms in total. The standard InChI is InChI=1S/C17H20O/c1-4-14-6-5-7-15(10-14)16-8-12(2)17(11-18)13(3)9-16/h5-10,18H,4,11H2,1-3H3. The molecule has 0 atom stereocenters. The Hall–Kier alpha value is -1.60. The van der Waals surface area contributed by atoms with Gasteiger partial charge in [-0.15, -0.1) is 0 Å². The largest absolute Gasteiger partial charge is 0.392 e. The minimum absolute atomic E-state index is 0.118. The van der Waals surface area contributed by atoms with Gasteiger partial charge in [0.2, 0.25) is 0 Å². The number of aliphatic hydroxyl groups is 1. The van der Waals surface area contributed by atoms with Crippen molar-refractivity contribution < 1.29 is 5.11 Å². The van der Waals surface area contributed by atoms with Crippen molar-refractivity contribution in [2.45, 2.75) is 33.8 Å². The fourth-order valence-electron chi connectivity index (χ4n) is 2.38. The van der Waals surface area contributed by atoms with E-state index in [2.05, 4.69) is 57.2 Å². The monoisotopic (exact) mass is 240 g/mol. The normalized spacial score (nSPS) is 10.7. The van der Waals surface area contributed by atoms with E-state index in [9.17, 15) is 5.11 Å². The lowest BCUT2D eigenvalue weighted by molar-refractivity contribution is 0.280. The van der Waals surface area contributed by atoms with Crippen LogP contribution in [0.4, 0.5) is 0 Å². The van der Waals surface area contributed by atoms with Gasteiger partial charge in [-0.2, -0.15) is 0 Å². The molecule has 1 N–H and O–H groups in total. The van der Waals surface area contributed by atoms with Crippen LogP contribution in [0.25, 0.3) is 11.1 Å². The Morgan fingerprint density at radius 3 is 2.17 bits per heavy atom. The number of hydrogen-bond acceptors (Lipinski definition) is 1. The summed E-state index contributed by atoms with van der Waals surface area (Å²) in [6.45, 7) is 6.41. The van der Waals surface area contributed by atoms with Gasteiger partial charge in [0.15, 0.2) is 0 Å². The van der Waals surface area contributed by atoms with Crippen LogP contribution >= 0.6 is 0 Å². The zero-order valence-electron chi connectivity index (χ0n) is 11.3. The Morgan fingerprint density at radius 1 is 0.944 bits per heavy atom. The lowest BCUT2D eigenvalue weighted by Gasteiger charge is -2.11. The molecule has 0 aliphatic heterocycles. The number of benzene rings is 2. The highest BCUT2D eigenvalue weighted by Crippen LogP contribution is 2.26. The van der Waals surface area contributed by atoms with Crippen molar-refractivity contribution in [2.75, 3.05) is 0 Å². The molecule has 1 heteroatoms. The third-order valence-corrected chi connectivity index (χ3v) is 3.52. The van der Waals surface area contributed by atoms with Gasteiger partial charge in [-0.25, -0.2) is 0 Å². The van der Waals surface area contributed by atoms with E-state index in [1.807, 2.05) is 0 Å². The maximum atomic E-state index is 9.34. The van der Waals surface area contributed by atoms with Gasteiger partial charge in [0.05, 0.1) is 6.61 Å². The first-order chi connectivity index (χ1) is 8.65. The summed E-state index contributed by atoms with van der Waals surface area (Å²) in [5, 5.41) is 9.34.